The normalized spacial score (nSPS) is 10.4. The molecule has 0 bridgehead atoms. The molecule has 2 aromatic heterocycles. The van der Waals surface area contributed by atoms with E-state index in [1.54, 1.807) is 17.2 Å². The van der Waals surface area contributed by atoms with Crippen molar-refractivity contribution in [1.29, 1.82) is 0 Å². The molecule has 0 aliphatic rings. The van der Waals surface area contributed by atoms with E-state index in [0.717, 1.165) is 20.6 Å². The maximum atomic E-state index is 4.23. The third-order valence-electron chi connectivity index (χ3n) is 1.87. The average molecular weight is 347 g/mol. The molecule has 0 spiro atoms. The summed E-state index contributed by atoms with van der Waals surface area (Å²) < 4.78 is 3.50. The zero-order valence-corrected chi connectivity index (χ0v) is 11.7. The van der Waals surface area contributed by atoms with E-state index in [4.69, 9.17) is 0 Å². The summed E-state index contributed by atoms with van der Waals surface area (Å²) in [6, 6.07) is 1.93. The molecule has 7 heteroatoms. The number of pyridine rings is 1. The molecule has 2 rings (SSSR count). The second-order valence-electron chi connectivity index (χ2n) is 3.17. The van der Waals surface area contributed by atoms with Gasteiger partial charge in [0.25, 0.3) is 0 Å². The number of nitrogens with zero attached hydrogens (tertiary/aromatic N) is 4. The Hall–Kier alpha value is -0.950. The lowest BCUT2D eigenvalue weighted by atomic mass is 10.4. The lowest BCUT2D eigenvalue weighted by molar-refractivity contribution is 0.747. The summed E-state index contributed by atoms with van der Waals surface area (Å²) in [7, 11) is 1.84. The van der Waals surface area contributed by atoms with Crippen molar-refractivity contribution in [3.05, 3.63) is 33.4 Å². The quantitative estimate of drug-likeness (QED) is 0.926. The van der Waals surface area contributed by atoms with Gasteiger partial charge in [0.15, 0.2) is 5.82 Å². The minimum absolute atomic E-state index is 0.550. The third kappa shape index (κ3) is 2.79. The topological polar surface area (TPSA) is 55.6 Å². The Labute approximate surface area is 110 Å². The van der Waals surface area contributed by atoms with Crippen LogP contribution in [0, 0.1) is 0 Å². The van der Waals surface area contributed by atoms with Gasteiger partial charge >= 0.3 is 0 Å². The van der Waals surface area contributed by atoms with Crippen molar-refractivity contribution in [1.82, 2.24) is 19.7 Å². The maximum Gasteiger partial charge on any atom is 0.169 e. The van der Waals surface area contributed by atoms with Crippen LogP contribution < -0.4 is 5.32 Å². The molecule has 0 aromatic carbocycles. The van der Waals surface area contributed by atoms with E-state index >= 15 is 0 Å². The Bertz CT molecular complexity index is 496. The summed E-state index contributed by atoms with van der Waals surface area (Å²) in [6.07, 6.45) is 3.40. The van der Waals surface area contributed by atoms with E-state index in [-0.39, 0.29) is 0 Å². The Kier molecular flexibility index (Phi) is 3.55. The zero-order valence-electron chi connectivity index (χ0n) is 8.48. The Morgan fingerprint density at radius 1 is 1.38 bits per heavy atom. The lowest BCUT2D eigenvalue weighted by Gasteiger charge is -2.05. The van der Waals surface area contributed by atoms with Crippen LogP contribution in [0.2, 0.25) is 0 Å². The van der Waals surface area contributed by atoms with Gasteiger partial charge in [-0.05, 0) is 37.9 Å². The van der Waals surface area contributed by atoms with Gasteiger partial charge in [-0.25, -0.2) is 9.97 Å². The molecule has 16 heavy (non-hydrogen) atoms. The highest BCUT2D eigenvalue weighted by Crippen LogP contribution is 2.23. The Morgan fingerprint density at radius 2 is 2.19 bits per heavy atom. The Balaban J connectivity index is 2.04. The number of hydrogen-bond acceptors (Lipinski definition) is 4. The summed E-state index contributed by atoms with van der Waals surface area (Å²) >= 11 is 6.77. The predicted octanol–water partition coefficient (Wildman–Crippen LogP) is 2.35. The molecule has 2 heterocycles. The van der Waals surface area contributed by atoms with Crippen molar-refractivity contribution in [2.45, 2.75) is 6.54 Å². The lowest BCUT2D eigenvalue weighted by Crippen LogP contribution is -2.04. The highest BCUT2D eigenvalue weighted by molar-refractivity contribution is 9.11. The molecule has 0 radical (unpaired) electrons. The van der Waals surface area contributed by atoms with Gasteiger partial charge in [0.05, 0.1) is 11.0 Å². The van der Waals surface area contributed by atoms with Crippen molar-refractivity contribution in [3.63, 3.8) is 0 Å². The number of halogens is 2. The summed E-state index contributed by atoms with van der Waals surface area (Å²) in [5.74, 6) is 1.51. The van der Waals surface area contributed by atoms with Crippen molar-refractivity contribution in [3.8, 4) is 0 Å². The van der Waals surface area contributed by atoms with Crippen LogP contribution in [0.25, 0.3) is 0 Å². The molecule has 5 nitrogen and oxygen atoms in total. The predicted molar refractivity (Wildman–Crippen MR) is 68.0 cm³/mol. The summed E-state index contributed by atoms with van der Waals surface area (Å²) in [6.45, 7) is 0.550. The first-order chi connectivity index (χ1) is 7.65. The van der Waals surface area contributed by atoms with Crippen LogP contribution in [-0.2, 0) is 13.6 Å². The molecule has 84 valence electrons. The van der Waals surface area contributed by atoms with Crippen LogP contribution in [0.5, 0.6) is 0 Å². The van der Waals surface area contributed by atoms with E-state index in [9.17, 15) is 0 Å². The van der Waals surface area contributed by atoms with Crippen LogP contribution in [0.3, 0.4) is 0 Å². The average Bonchev–Trinajstić information content (AvgIpc) is 2.63. The zero-order chi connectivity index (χ0) is 11.5. The molecule has 0 amide bonds. The van der Waals surface area contributed by atoms with Gasteiger partial charge in [-0.3, -0.25) is 4.68 Å². The molecule has 0 aliphatic heterocycles. The first-order valence-electron chi connectivity index (χ1n) is 4.54. The van der Waals surface area contributed by atoms with E-state index in [1.807, 2.05) is 13.1 Å². The number of rotatable bonds is 3. The van der Waals surface area contributed by atoms with Crippen LogP contribution in [0.15, 0.2) is 27.5 Å². The minimum atomic E-state index is 0.550. The van der Waals surface area contributed by atoms with Gasteiger partial charge in [-0.15, -0.1) is 0 Å². The van der Waals surface area contributed by atoms with E-state index in [1.165, 1.54) is 0 Å². The molecule has 2 aromatic rings. The van der Waals surface area contributed by atoms with Gasteiger partial charge in [-0.2, -0.15) is 5.10 Å². The molecule has 0 atom stereocenters. The number of hydrogen-bond donors (Lipinski definition) is 1. The SMILES string of the molecule is Cn1cnc(CNc2ncc(Br)cc2Br)n1. The van der Waals surface area contributed by atoms with Crippen LogP contribution in [0.4, 0.5) is 5.82 Å². The first-order valence-corrected chi connectivity index (χ1v) is 6.13. The fourth-order valence-corrected chi connectivity index (χ4v) is 2.30. The molecular weight excluding hydrogens is 338 g/mol. The van der Waals surface area contributed by atoms with E-state index in [0.29, 0.717) is 6.54 Å². The van der Waals surface area contributed by atoms with Crippen molar-refractivity contribution >= 4 is 37.7 Å². The molecule has 0 unspecified atom stereocenters. The fourth-order valence-electron chi connectivity index (χ4n) is 1.17. The van der Waals surface area contributed by atoms with Crippen molar-refractivity contribution in [2.24, 2.45) is 7.05 Å². The van der Waals surface area contributed by atoms with E-state index in [2.05, 4.69) is 52.2 Å². The Morgan fingerprint density at radius 3 is 2.81 bits per heavy atom. The van der Waals surface area contributed by atoms with Gasteiger partial charge in [0.1, 0.15) is 12.1 Å². The summed E-state index contributed by atoms with van der Waals surface area (Å²) in [4.78, 5) is 8.35. The molecular formula is C9H9Br2N5. The molecule has 0 aliphatic carbocycles. The fraction of sp³-hybridized carbons (Fsp3) is 0.222. The maximum absolute atomic E-state index is 4.23. The minimum Gasteiger partial charge on any atom is -0.362 e. The van der Waals surface area contributed by atoms with Gasteiger partial charge in [-0.1, -0.05) is 0 Å². The number of anilines is 1. The molecule has 0 fully saturated rings. The van der Waals surface area contributed by atoms with Crippen LogP contribution >= 0.6 is 31.9 Å². The first kappa shape index (κ1) is 11.5. The molecule has 0 saturated carbocycles. The monoisotopic (exact) mass is 345 g/mol. The van der Waals surface area contributed by atoms with E-state index < -0.39 is 0 Å². The van der Waals surface area contributed by atoms with Crippen LogP contribution in [0.1, 0.15) is 5.82 Å². The summed E-state index contributed by atoms with van der Waals surface area (Å²) in [5, 5.41) is 7.32. The third-order valence-corrected chi connectivity index (χ3v) is 2.91. The van der Waals surface area contributed by atoms with Gasteiger partial charge < -0.3 is 5.32 Å². The standard InChI is InChI=1S/C9H9Br2N5/c1-16-5-14-8(15-16)4-13-9-7(11)2-6(10)3-12-9/h2-3,5H,4H2,1H3,(H,12,13). The number of aromatic nitrogens is 4. The number of nitrogens with one attached hydrogen (secondary N) is 1. The smallest absolute Gasteiger partial charge is 0.169 e. The number of aryl methyl sites for hydroxylation is 1. The highest BCUT2D eigenvalue weighted by atomic mass is 79.9. The molecule has 1 N–H and O–H groups in total. The van der Waals surface area contributed by atoms with Gasteiger partial charge in [0, 0.05) is 17.7 Å². The molecule has 0 saturated heterocycles. The highest BCUT2D eigenvalue weighted by Gasteiger charge is 2.03. The van der Waals surface area contributed by atoms with Crippen molar-refractivity contribution < 1.29 is 0 Å². The van der Waals surface area contributed by atoms with Crippen LogP contribution in [-0.4, -0.2) is 19.7 Å². The van der Waals surface area contributed by atoms with Gasteiger partial charge in [0.2, 0.25) is 0 Å². The summed E-state index contributed by atoms with van der Waals surface area (Å²) in [5.41, 5.74) is 0. The largest absolute Gasteiger partial charge is 0.362 e. The second-order valence-corrected chi connectivity index (χ2v) is 4.94. The second kappa shape index (κ2) is 4.92. The van der Waals surface area contributed by atoms with Crippen molar-refractivity contribution in [2.75, 3.05) is 5.32 Å².